The Labute approximate surface area is 99.1 Å². The summed E-state index contributed by atoms with van der Waals surface area (Å²) in [7, 11) is 0. The average molecular weight is 231 g/mol. The van der Waals surface area contributed by atoms with Crippen LogP contribution in [0.4, 0.5) is 5.95 Å². The van der Waals surface area contributed by atoms with Crippen LogP contribution >= 0.6 is 0 Å². The van der Waals surface area contributed by atoms with Gasteiger partial charge in [0.1, 0.15) is 6.61 Å². The third kappa shape index (κ3) is 2.63. The molecule has 1 aromatic carbocycles. The minimum atomic E-state index is -0.104. The number of nitrogens with two attached hydrogens (primary N) is 1. The highest BCUT2D eigenvalue weighted by Gasteiger charge is 2.09. The van der Waals surface area contributed by atoms with E-state index >= 15 is 0 Å². The second-order valence-corrected chi connectivity index (χ2v) is 3.66. The molecule has 0 amide bonds. The summed E-state index contributed by atoms with van der Waals surface area (Å²) in [5, 5.41) is 11.3. The second-order valence-electron chi connectivity index (χ2n) is 3.66. The minimum Gasteiger partial charge on any atom is -0.740 e. The van der Waals surface area contributed by atoms with Crippen molar-refractivity contribution in [3.63, 3.8) is 0 Å². The summed E-state index contributed by atoms with van der Waals surface area (Å²) in [6.07, 6.45) is 0. The van der Waals surface area contributed by atoms with Crippen LogP contribution in [0.15, 0.2) is 36.4 Å². The van der Waals surface area contributed by atoms with Crippen molar-refractivity contribution in [3.05, 3.63) is 52.9 Å². The van der Waals surface area contributed by atoms with E-state index in [1.165, 1.54) is 0 Å². The highest BCUT2D eigenvalue weighted by atomic mass is 16.5. The molecule has 0 unspecified atom stereocenters. The number of nitrogens with zero attached hydrogens (tertiary/aromatic N) is 2. The number of ether oxygens (including phenoxy) is 1. The standard InChI is InChI=1S/C12H13N3O2/c1-9-7-11(14-12(13)15(9)16)17-8-10-5-3-2-4-6-10/h2-7H,8H2,1H3,(H2,13,14). The lowest BCUT2D eigenvalue weighted by molar-refractivity contribution is -0.599. The first-order chi connectivity index (χ1) is 8.16. The molecule has 1 aromatic heterocycles. The first-order valence-corrected chi connectivity index (χ1v) is 5.20. The molecule has 17 heavy (non-hydrogen) atoms. The van der Waals surface area contributed by atoms with Crippen LogP contribution in [0.25, 0.3) is 0 Å². The normalized spacial score (nSPS) is 10.2. The monoisotopic (exact) mass is 231 g/mol. The summed E-state index contributed by atoms with van der Waals surface area (Å²) in [4.78, 5) is 3.85. The molecule has 0 saturated carbocycles. The summed E-state index contributed by atoms with van der Waals surface area (Å²) < 4.78 is 6.03. The number of rotatable bonds is 3. The van der Waals surface area contributed by atoms with E-state index in [1.54, 1.807) is 13.0 Å². The van der Waals surface area contributed by atoms with E-state index in [9.17, 15) is 5.21 Å². The first-order valence-electron chi connectivity index (χ1n) is 5.20. The third-order valence-corrected chi connectivity index (χ3v) is 2.32. The van der Waals surface area contributed by atoms with E-state index in [1.807, 2.05) is 30.3 Å². The van der Waals surface area contributed by atoms with Crippen molar-refractivity contribution in [2.24, 2.45) is 0 Å². The zero-order valence-corrected chi connectivity index (χ0v) is 9.46. The Hall–Kier alpha value is -2.30. The van der Waals surface area contributed by atoms with Gasteiger partial charge >= 0.3 is 5.95 Å². The minimum absolute atomic E-state index is 0.104. The van der Waals surface area contributed by atoms with Gasteiger partial charge in [0.25, 0.3) is 5.88 Å². The molecule has 2 N–H and O–H groups in total. The van der Waals surface area contributed by atoms with Gasteiger partial charge in [-0.05, 0) is 17.5 Å². The van der Waals surface area contributed by atoms with Gasteiger partial charge in [-0.3, -0.25) is 5.73 Å². The Bertz CT molecular complexity index is 491. The summed E-state index contributed by atoms with van der Waals surface area (Å²) >= 11 is 0. The van der Waals surface area contributed by atoms with E-state index in [-0.39, 0.29) is 5.95 Å². The molecule has 5 nitrogen and oxygen atoms in total. The van der Waals surface area contributed by atoms with Crippen LogP contribution < -0.4 is 15.2 Å². The fourth-order valence-electron chi connectivity index (χ4n) is 1.41. The molecule has 0 aliphatic rings. The maximum Gasteiger partial charge on any atom is 0.393 e. The fraction of sp³-hybridized carbons (Fsp3) is 0.167. The van der Waals surface area contributed by atoms with E-state index in [2.05, 4.69) is 4.98 Å². The quantitative estimate of drug-likeness (QED) is 0.636. The second kappa shape index (κ2) is 4.69. The average Bonchev–Trinajstić information content (AvgIpc) is 2.34. The Morgan fingerprint density at radius 2 is 2.06 bits per heavy atom. The number of anilines is 1. The molecule has 0 spiro atoms. The maximum absolute atomic E-state index is 11.3. The predicted molar refractivity (Wildman–Crippen MR) is 63.1 cm³/mol. The number of aryl methyl sites for hydroxylation is 1. The van der Waals surface area contributed by atoms with Crippen LogP contribution in [-0.4, -0.2) is 4.98 Å². The molecule has 88 valence electrons. The molecule has 0 bridgehead atoms. The van der Waals surface area contributed by atoms with Gasteiger partial charge in [-0.1, -0.05) is 30.3 Å². The molecule has 0 atom stereocenters. The third-order valence-electron chi connectivity index (χ3n) is 2.32. The van der Waals surface area contributed by atoms with Crippen molar-refractivity contribution < 1.29 is 9.47 Å². The number of aromatic nitrogens is 2. The molecule has 1 heterocycles. The van der Waals surface area contributed by atoms with Gasteiger partial charge in [-0.25, -0.2) is 4.73 Å². The van der Waals surface area contributed by atoms with E-state index in [4.69, 9.17) is 10.5 Å². The van der Waals surface area contributed by atoms with Gasteiger partial charge in [0.15, 0.2) is 0 Å². The number of hydrogen-bond donors (Lipinski definition) is 1. The molecule has 0 saturated heterocycles. The number of nitrogen functional groups attached to an aromatic ring is 1. The van der Waals surface area contributed by atoms with Crippen LogP contribution in [0.1, 0.15) is 11.3 Å². The largest absolute Gasteiger partial charge is 0.740 e. The fourth-order valence-corrected chi connectivity index (χ4v) is 1.41. The smallest absolute Gasteiger partial charge is 0.393 e. The molecule has 0 fully saturated rings. The first kappa shape index (κ1) is 11.2. The van der Waals surface area contributed by atoms with Gasteiger partial charge in [-0.2, -0.15) is 0 Å². The lowest BCUT2D eigenvalue weighted by Gasteiger charge is -2.10. The van der Waals surface area contributed by atoms with E-state index in [0.717, 1.165) is 5.56 Å². The topological polar surface area (TPSA) is 75.1 Å². The van der Waals surface area contributed by atoms with E-state index < -0.39 is 0 Å². The van der Waals surface area contributed by atoms with Gasteiger partial charge < -0.3 is 9.94 Å². The predicted octanol–water partition coefficient (Wildman–Crippen LogP) is 1.18. The molecule has 0 aliphatic heterocycles. The van der Waals surface area contributed by atoms with Gasteiger partial charge in [0, 0.05) is 0 Å². The Morgan fingerprint density at radius 3 is 2.71 bits per heavy atom. The molecule has 2 rings (SSSR count). The molecule has 2 aromatic rings. The van der Waals surface area contributed by atoms with Crippen molar-refractivity contribution in [1.29, 1.82) is 0 Å². The van der Waals surface area contributed by atoms with Gasteiger partial charge in [0.05, 0.1) is 11.8 Å². The molecule has 5 heteroatoms. The lowest BCUT2D eigenvalue weighted by atomic mass is 10.2. The highest BCUT2D eigenvalue weighted by Crippen LogP contribution is 2.11. The van der Waals surface area contributed by atoms with Crippen molar-refractivity contribution in [3.8, 4) is 5.88 Å². The van der Waals surface area contributed by atoms with Crippen molar-refractivity contribution in [2.75, 3.05) is 5.73 Å². The summed E-state index contributed by atoms with van der Waals surface area (Å²) in [5.41, 5.74) is 6.94. The summed E-state index contributed by atoms with van der Waals surface area (Å²) in [5.74, 6) is 0.254. The SMILES string of the molecule is Cc1cc(OCc2ccccc2)nc(N)[n+]1[O-]. The molecular formula is C12H13N3O2. The summed E-state index contributed by atoms with van der Waals surface area (Å²) in [6.45, 7) is 2.05. The van der Waals surface area contributed by atoms with Crippen molar-refractivity contribution >= 4 is 5.95 Å². The van der Waals surface area contributed by atoms with Crippen LogP contribution in [0, 0.1) is 12.1 Å². The number of hydrogen-bond acceptors (Lipinski definition) is 4. The van der Waals surface area contributed by atoms with Gasteiger partial charge in [0.2, 0.25) is 0 Å². The van der Waals surface area contributed by atoms with Gasteiger partial charge in [-0.15, -0.1) is 0 Å². The van der Waals surface area contributed by atoms with Crippen molar-refractivity contribution in [2.45, 2.75) is 13.5 Å². The van der Waals surface area contributed by atoms with Crippen LogP contribution in [0.2, 0.25) is 0 Å². The molecular weight excluding hydrogens is 218 g/mol. The molecule has 0 radical (unpaired) electrons. The van der Waals surface area contributed by atoms with Crippen LogP contribution in [0.5, 0.6) is 5.88 Å². The van der Waals surface area contributed by atoms with Crippen molar-refractivity contribution in [1.82, 2.24) is 4.98 Å². The van der Waals surface area contributed by atoms with E-state index in [0.29, 0.717) is 22.9 Å². The summed E-state index contributed by atoms with van der Waals surface area (Å²) in [6, 6.07) is 11.3. The van der Waals surface area contributed by atoms with Crippen LogP contribution in [0.3, 0.4) is 0 Å². The lowest BCUT2D eigenvalue weighted by Crippen LogP contribution is -2.35. The zero-order chi connectivity index (χ0) is 12.3. The Balaban J connectivity index is 2.10. The molecule has 0 aliphatic carbocycles. The number of benzene rings is 1. The Kier molecular flexibility index (Phi) is 3.09. The van der Waals surface area contributed by atoms with Crippen LogP contribution in [-0.2, 0) is 6.61 Å². The highest BCUT2D eigenvalue weighted by molar-refractivity contribution is 5.20. The Morgan fingerprint density at radius 1 is 1.35 bits per heavy atom. The maximum atomic E-state index is 11.3. The zero-order valence-electron chi connectivity index (χ0n) is 9.46.